The zero-order valence-electron chi connectivity index (χ0n) is 10.5. The molecule has 0 amide bonds. The van der Waals surface area contributed by atoms with Crippen LogP contribution in [0.5, 0.6) is 5.75 Å². The summed E-state index contributed by atoms with van der Waals surface area (Å²) >= 11 is 0. The van der Waals surface area contributed by atoms with Crippen molar-refractivity contribution in [1.82, 2.24) is 0 Å². The molecule has 0 saturated heterocycles. The molecule has 0 fully saturated rings. The van der Waals surface area contributed by atoms with E-state index in [-0.39, 0.29) is 17.3 Å². The van der Waals surface area contributed by atoms with Crippen molar-refractivity contribution in [2.45, 2.75) is 19.4 Å². The topological polar surface area (TPSA) is 69.4 Å². The van der Waals surface area contributed by atoms with Gasteiger partial charge < -0.3 is 10.5 Å². The molecule has 102 valence electrons. The minimum atomic E-state index is -3.19. The molecule has 0 aliphatic heterocycles. The largest absolute Gasteiger partial charge is 0.494 e. The Kier molecular flexibility index (Phi) is 5.10. The summed E-state index contributed by atoms with van der Waals surface area (Å²) in [5.41, 5.74) is 6.24. The number of hydrogen-bond donors (Lipinski definition) is 1. The fourth-order valence-corrected chi connectivity index (χ4v) is 3.21. The quantitative estimate of drug-likeness (QED) is 0.857. The van der Waals surface area contributed by atoms with E-state index >= 15 is 0 Å². The van der Waals surface area contributed by atoms with Gasteiger partial charge in [0.05, 0.1) is 12.9 Å². The molecule has 1 unspecified atom stereocenters. The molecule has 4 nitrogen and oxygen atoms in total. The number of nitrogens with two attached hydrogens (primary N) is 1. The Bertz CT molecular complexity index is 502. The molecule has 0 heterocycles. The monoisotopic (exact) mass is 275 g/mol. The number of halogens is 1. The second-order valence-electron chi connectivity index (χ2n) is 4.11. The molecule has 18 heavy (non-hydrogen) atoms. The highest BCUT2D eigenvalue weighted by atomic mass is 32.2. The minimum Gasteiger partial charge on any atom is -0.494 e. The highest BCUT2D eigenvalue weighted by Crippen LogP contribution is 2.21. The molecule has 0 spiro atoms. The summed E-state index contributed by atoms with van der Waals surface area (Å²) < 4.78 is 41.5. The zero-order valence-corrected chi connectivity index (χ0v) is 11.3. The highest BCUT2D eigenvalue weighted by Gasteiger charge is 2.18. The Morgan fingerprint density at radius 1 is 1.44 bits per heavy atom. The van der Waals surface area contributed by atoms with Gasteiger partial charge in [-0.3, -0.25) is 0 Å². The summed E-state index contributed by atoms with van der Waals surface area (Å²) in [6.07, 6.45) is 0.548. The van der Waals surface area contributed by atoms with Crippen LogP contribution in [0.15, 0.2) is 18.2 Å². The number of methoxy groups -OCH3 is 1. The summed E-state index contributed by atoms with van der Waals surface area (Å²) in [4.78, 5) is 0. The van der Waals surface area contributed by atoms with Gasteiger partial charge in [-0.15, -0.1) is 0 Å². The molecule has 0 aliphatic rings. The molecule has 0 radical (unpaired) electrons. The third kappa shape index (κ3) is 3.96. The summed E-state index contributed by atoms with van der Waals surface area (Å²) in [6, 6.07) is 3.51. The van der Waals surface area contributed by atoms with Crippen molar-refractivity contribution in [2.24, 2.45) is 5.73 Å². The van der Waals surface area contributed by atoms with Crippen LogP contribution >= 0.6 is 0 Å². The summed E-state index contributed by atoms with van der Waals surface area (Å²) in [7, 11) is -1.82. The van der Waals surface area contributed by atoms with Gasteiger partial charge >= 0.3 is 0 Å². The first-order chi connectivity index (χ1) is 8.39. The average molecular weight is 275 g/mol. The van der Waals surface area contributed by atoms with Crippen LogP contribution in [-0.4, -0.2) is 27.0 Å². The summed E-state index contributed by atoms with van der Waals surface area (Å²) in [5, 5.41) is 0. The van der Waals surface area contributed by atoms with Crippen molar-refractivity contribution in [2.75, 3.05) is 18.6 Å². The molecule has 2 N–H and O–H groups in total. The van der Waals surface area contributed by atoms with E-state index in [1.54, 1.807) is 13.0 Å². The van der Waals surface area contributed by atoms with Crippen LogP contribution in [0.2, 0.25) is 0 Å². The molecule has 1 aromatic carbocycles. The number of sulfone groups is 1. The van der Waals surface area contributed by atoms with E-state index in [9.17, 15) is 12.8 Å². The lowest BCUT2D eigenvalue weighted by Gasteiger charge is -2.13. The van der Waals surface area contributed by atoms with Crippen molar-refractivity contribution < 1.29 is 17.5 Å². The standard InChI is InChI=1S/C12H18FNO3S/c1-3-6-18(15,16)8-11(14)9-4-5-12(17-2)10(13)7-9/h4-5,7,11H,3,6,8,14H2,1-2H3. The Morgan fingerprint density at radius 3 is 2.61 bits per heavy atom. The fraction of sp³-hybridized carbons (Fsp3) is 0.500. The summed E-state index contributed by atoms with van der Waals surface area (Å²) in [5.74, 6) is -0.507. The molecule has 0 aromatic heterocycles. The third-order valence-corrected chi connectivity index (χ3v) is 4.45. The number of rotatable bonds is 6. The second kappa shape index (κ2) is 6.15. The molecule has 1 atom stereocenters. The molecule has 1 rings (SSSR count). The summed E-state index contributed by atoms with van der Waals surface area (Å²) in [6.45, 7) is 1.79. The van der Waals surface area contributed by atoms with Crippen LogP contribution in [0.1, 0.15) is 24.9 Å². The molecule has 6 heteroatoms. The lowest BCUT2D eigenvalue weighted by atomic mass is 10.1. The van der Waals surface area contributed by atoms with Gasteiger partial charge in [0.15, 0.2) is 21.4 Å². The fourth-order valence-electron chi connectivity index (χ4n) is 1.68. The van der Waals surface area contributed by atoms with Crippen molar-refractivity contribution in [3.63, 3.8) is 0 Å². The van der Waals surface area contributed by atoms with E-state index in [0.29, 0.717) is 12.0 Å². The first kappa shape index (κ1) is 14.9. The van der Waals surface area contributed by atoms with Gasteiger partial charge in [0.25, 0.3) is 0 Å². The normalized spacial score (nSPS) is 13.3. The van der Waals surface area contributed by atoms with Gasteiger partial charge in [0.2, 0.25) is 0 Å². The lowest BCUT2D eigenvalue weighted by Crippen LogP contribution is -2.23. The molecule has 0 bridgehead atoms. The number of benzene rings is 1. The molecular weight excluding hydrogens is 257 g/mol. The van der Waals surface area contributed by atoms with Gasteiger partial charge in [0.1, 0.15) is 0 Å². The minimum absolute atomic E-state index is 0.0966. The van der Waals surface area contributed by atoms with E-state index < -0.39 is 21.7 Å². The Labute approximate surface area is 107 Å². The van der Waals surface area contributed by atoms with Crippen LogP contribution in [0.25, 0.3) is 0 Å². The van der Waals surface area contributed by atoms with Crippen LogP contribution in [-0.2, 0) is 9.84 Å². The first-order valence-corrected chi connectivity index (χ1v) is 7.51. The number of hydrogen-bond acceptors (Lipinski definition) is 4. The third-order valence-electron chi connectivity index (χ3n) is 2.55. The van der Waals surface area contributed by atoms with E-state index in [0.717, 1.165) is 0 Å². The average Bonchev–Trinajstić information content (AvgIpc) is 2.28. The van der Waals surface area contributed by atoms with Crippen molar-refractivity contribution in [1.29, 1.82) is 0 Å². The molecule has 0 aliphatic carbocycles. The van der Waals surface area contributed by atoms with Crippen LogP contribution in [0.4, 0.5) is 4.39 Å². The van der Waals surface area contributed by atoms with E-state index in [2.05, 4.69) is 0 Å². The van der Waals surface area contributed by atoms with E-state index in [4.69, 9.17) is 10.5 Å². The van der Waals surface area contributed by atoms with E-state index in [1.807, 2.05) is 0 Å². The van der Waals surface area contributed by atoms with Crippen molar-refractivity contribution in [3.8, 4) is 5.75 Å². The van der Waals surface area contributed by atoms with E-state index in [1.165, 1.54) is 19.2 Å². The maximum absolute atomic E-state index is 13.5. The zero-order chi connectivity index (χ0) is 13.8. The van der Waals surface area contributed by atoms with Crippen LogP contribution in [0.3, 0.4) is 0 Å². The smallest absolute Gasteiger partial charge is 0.165 e. The molecular formula is C12H18FNO3S. The Hall–Kier alpha value is -1.14. The predicted octanol–water partition coefficient (Wildman–Crippen LogP) is 1.66. The van der Waals surface area contributed by atoms with Gasteiger partial charge in [-0.25, -0.2) is 12.8 Å². The lowest BCUT2D eigenvalue weighted by molar-refractivity contribution is 0.386. The first-order valence-electron chi connectivity index (χ1n) is 5.69. The molecule has 0 saturated carbocycles. The second-order valence-corrected chi connectivity index (χ2v) is 6.34. The predicted molar refractivity (Wildman–Crippen MR) is 68.8 cm³/mol. The van der Waals surface area contributed by atoms with Gasteiger partial charge in [-0.05, 0) is 24.1 Å². The Morgan fingerprint density at radius 2 is 2.11 bits per heavy atom. The van der Waals surface area contributed by atoms with Crippen LogP contribution < -0.4 is 10.5 Å². The van der Waals surface area contributed by atoms with Gasteiger partial charge in [0, 0.05) is 11.8 Å². The van der Waals surface area contributed by atoms with Crippen molar-refractivity contribution in [3.05, 3.63) is 29.6 Å². The maximum atomic E-state index is 13.5. The maximum Gasteiger partial charge on any atom is 0.165 e. The highest BCUT2D eigenvalue weighted by molar-refractivity contribution is 7.91. The molecule has 1 aromatic rings. The Balaban J connectivity index is 2.85. The van der Waals surface area contributed by atoms with Crippen molar-refractivity contribution >= 4 is 9.84 Å². The SMILES string of the molecule is CCCS(=O)(=O)CC(N)c1ccc(OC)c(F)c1. The van der Waals surface area contributed by atoms with Crippen LogP contribution in [0, 0.1) is 5.82 Å². The van der Waals surface area contributed by atoms with Gasteiger partial charge in [-0.1, -0.05) is 13.0 Å². The number of ether oxygens (including phenoxy) is 1. The van der Waals surface area contributed by atoms with Gasteiger partial charge in [-0.2, -0.15) is 0 Å².